The lowest BCUT2D eigenvalue weighted by Gasteiger charge is -2.06. The summed E-state index contributed by atoms with van der Waals surface area (Å²) in [5.74, 6) is 0.328. The van der Waals surface area contributed by atoms with E-state index in [1.165, 1.54) is 6.08 Å². The summed E-state index contributed by atoms with van der Waals surface area (Å²) in [5.41, 5.74) is 0. The fourth-order valence-electron chi connectivity index (χ4n) is 1.30. The highest BCUT2D eigenvalue weighted by molar-refractivity contribution is 5.82. The normalized spacial score (nSPS) is 24.4. The molecule has 1 rings (SSSR count). The molecule has 1 aliphatic rings. The lowest BCUT2D eigenvalue weighted by atomic mass is 10.1. The van der Waals surface area contributed by atoms with Crippen LogP contribution in [0, 0.1) is 0 Å². The van der Waals surface area contributed by atoms with Gasteiger partial charge in [0.25, 0.3) is 0 Å². The first-order valence-corrected chi connectivity index (χ1v) is 5.19. The highest BCUT2D eigenvalue weighted by atomic mass is 16.5. The largest absolute Gasteiger partial charge is 0.428 e. The second-order valence-corrected chi connectivity index (χ2v) is 3.32. The van der Waals surface area contributed by atoms with Crippen molar-refractivity contribution in [2.75, 3.05) is 0 Å². The van der Waals surface area contributed by atoms with Crippen molar-refractivity contribution in [3.63, 3.8) is 0 Å². The van der Waals surface area contributed by atoms with E-state index in [0.717, 1.165) is 25.7 Å². The summed E-state index contributed by atoms with van der Waals surface area (Å²) in [7, 11) is 0. The standard InChI is InChI=1S/C13H16O2/c1-2-13(14)15-12-10-8-6-4-3-5-7-9-11-12/h2-4,6,8,10H,1,5,7,9,11H2/b4-3+,8-6-,12-10-. The number of allylic oxidation sites excluding steroid dienone is 6. The van der Waals surface area contributed by atoms with Gasteiger partial charge in [0.2, 0.25) is 0 Å². The fourth-order valence-corrected chi connectivity index (χ4v) is 1.30. The zero-order chi connectivity index (χ0) is 10.9. The Kier molecular flexibility index (Phi) is 5.23. The van der Waals surface area contributed by atoms with Crippen molar-refractivity contribution in [1.82, 2.24) is 0 Å². The monoisotopic (exact) mass is 204 g/mol. The van der Waals surface area contributed by atoms with Crippen molar-refractivity contribution in [2.24, 2.45) is 0 Å². The first-order chi connectivity index (χ1) is 7.33. The van der Waals surface area contributed by atoms with E-state index >= 15 is 0 Å². The van der Waals surface area contributed by atoms with Crippen LogP contribution in [0.4, 0.5) is 0 Å². The van der Waals surface area contributed by atoms with Crippen LogP contribution in [0.25, 0.3) is 0 Å². The minimum absolute atomic E-state index is 0.387. The second-order valence-electron chi connectivity index (χ2n) is 3.32. The summed E-state index contributed by atoms with van der Waals surface area (Å²) in [5, 5.41) is 0. The van der Waals surface area contributed by atoms with E-state index in [-0.39, 0.29) is 5.97 Å². The topological polar surface area (TPSA) is 26.3 Å². The Morgan fingerprint density at radius 3 is 3.00 bits per heavy atom. The lowest BCUT2D eigenvalue weighted by molar-refractivity contribution is -0.134. The predicted octanol–water partition coefficient (Wildman–Crippen LogP) is 3.29. The van der Waals surface area contributed by atoms with E-state index in [2.05, 4.69) is 12.7 Å². The maximum absolute atomic E-state index is 11.0. The van der Waals surface area contributed by atoms with Crippen molar-refractivity contribution in [2.45, 2.75) is 25.7 Å². The van der Waals surface area contributed by atoms with Crippen LogP contribution < -0.4 is 0 Å². The molecule has 0 aromatic heterocycles. The van der Waals surface area contributed by atoms with E-state index in [1.807, 2.05) is 24.3 Å². The third kappa shape index (κ3) is 5.01. The molecule has 0 aromatic rings. The van der Waals surface area contributed by atoms with Crippen molar-refractivity contribution < 1.29 is 9.53 Å². The molecule has 0 N–H and O–H groups in total. The highest BCUT2D eigenvalue weighted by Crippen LogP contribution is 2.12. The second kappa shape index (κ2) is 6.82. The van der Waals surface area contributed by atoms with Gasteiger partial charge in [-0.3, -0.25) is 0 Å². The molecule has 80 valence electrons. The van der Waals surface area contributed by atoms with Crippen molar-refractivity contribution in [3.05, 3.63) is 48.8 Å². The van der Waals surface area contributed by atoms with Gasteiger partial charge in [-0.05, 0) is 25.3 Å². The van der Waals surface area contributed by atoms with E-state index in [9.17, 15) is 4.79 Å². The Morgan fingerprint density at radius 2 is 2.20 bits per heavy atom. The molecule has 0 fully saturated rings. The Balaban J connectivity index is 2.61. The zero-order valence-electron chi connectivity index (χ0n) is 8.82. The van der Waals surface area contributed by atoms with Crippen molar-refractivity contribution in [1.29, 1.82) is 0 Å². The average Bonchev–Trinajstić information content (AvgIpc) is 2.27. The van der Waals surface area contributed by atoms with E-state index in [0.29, 0.717) is 5.76 Å². The number of carbonyl (C=O) groups is 1. The van der Waals surface area contributed by atoms with Crippen LogP contribution in [-0.4, -0.2) is 5.97 Å². The third-order valence-electron chi connectivity index (χ3n) is 2.08. The number of ether oxygens (including phenoxy) is 1. The number of hydrogen-bond acceptors (Lipinski definition) is 2. The van der Waals surface area contributed by atoms with Gasteiger partial charge in [0.15, 0.2) is 0 Å². The van der Waals surface area contributed by atoms with Crippen LogP contribution >= 0.6 is 0 Å². The zero-order valence-corrected chi connectivity index (χ0v) is 8.82. The van der Waals surface area contributed by atoms with Crippen LogP contribution in [-0.2, 0) is 9.53 Å². The van der Waals surface area contributed by atoms with Crippen LogP contribution in [0.15, 0.2) is 48.8 Å². The Labute approximate surface area is 90.6 Å². The first-order valence-electron chi connectivity index (χ1n) is 5.19. The Morgan fingerprint density at radius 1 is 1.33 bits per heavy atom. The van der Waals surface area contributed by atoms with E-state index in [1.54, 1.807) is 0 Å². The summed E-state index contributed by atoms with van der Waals surface area (Å²) >= 11 is 0. The molecule has 0 amide bonds. The van der Waals surface area contributed by atoms with Gasteiger partial charge in [-0.25, -0.2) is 4.79 Å². The summed E-state index contributed by atoms with van der Waals surface area (Å²) in [6.07, 6.45) is 15.0. The van der Waals surface area contributed by atoms with Gasteiger partial charge in [-0.2, -0.15) is 0 Å². The van der Waals surface area contributed by atoms with Crippen LogP contribution in [0.3, 0.4) is 0 Å². The predicted molar refractivity (Wildman–Crippen MR) is 61.1 cm³/mol. The SMILES string of the molecule is C=CC(=O)O\C1=C/C=C\C=C\CCCC1. The molecule has 0 heterocycles. The minimum Gasteiger partial charge on any atom is -0.428 e. The molecule has 0 saturated heterocycles. The fraction of sp³-hybridized carbons (Fsp3) is 0.308. The van der Waals surface area contributed by atoms with E-state index < -0.39 is 0 Å². The number of rotatable bonds is 2. The van der Waals surface area contributed by atoms with Gasteiger partial charge >= 0.3 is 5.97 Å². The molecular formula is C13H16O2. The molecule has 0 bridgehead atoms. The van der Waals surface area contributed by atoms with Gasteiger partial charge in [0.1, 0.15) is 5.76 Å². The summed E-state index contributed by atoms with van der Waals surface area (Å²) < 4.78 is 5.10. The maximum Gasteiger partial charge on any atom is 0.335 e. The van der Waals surface area contributed by atoms with Gasteiger partial charge < -0.3 is 4.74 Å². The molecule has 0 spiro atoms. The van der Waals surface area contributed by atoms with Crippen LogP contribution in [0.2, 0.25) is 0 Å². The summed E-state index contributed by atoms with van der Waals surface area (Å²) in [6, 6.07) is 0. The Bertz CT molecular complexity index is 308. The quantitative estimate of drug-likeness (QED) is 0.509. The summed E-state index contributed by atoms with van der Waals surface area (Å²) in [6.45, 7) is 3.37. The molecule has 0 aliphatic heterocycles. The number of hydrogen-bond donors (Lipinski definition) is 0. The molecule has 1 aliphatic carbocycles. The molecule has 15 heavy (non-hydrogen) atoms. The van der Waals surface area contributed by atoms with Crippen LogP contribution in [0.5, 0.6) is 0 Å². The molecule has 0 aromatic carbocycles. The highest BCUT2D eigenvalue weighted by Gasteiger charge is 2.02. The van der Waals surface area contributed by atoms with E-state index in [4.69, 9.17) is 4.74 Å². The molecule has 0 saturated carbocycles. The van der Waals surface area contributed by atoms with Gasteiger partial charge in [0, 0.05) is 12.5 Å². The third-order valence-corrected chi connectivity index (χ3v) is 2.08. The maximum atomic E-state index is 11.0. The molecular weight excluding hydrogens is 188 g/mol. The molecule has 0 unspecified atom stereocenters. The van der Waals surface area contributed by atoms with Crippen molar-refractivity contribution >= 4 is 5.97 Å². The Hall–Kier alpha value is -1.57. The van der Waals surface area contributed by atoms with Gasteiger partial charge in [0.05, 0.1) is 0 Å². The summed E-state index contributed by atoms with van der Waals surface area (Å²) in [4.78, 5) is 11.0. The average molecular weight is 204 g/mol. The number of carbonyl (C=O) groups excluding carboxylic acids is 1. The van der Waals surface area contributed by atoms with Gasteiger partial charge in [-0.15, -0.1) is 0 Å². The number of esters is 1. The molecule has 0 radical (unpaired) electrons. The molecule has 2 heteroatoms. The van der Waals surface area contributed by atoms with Crippen LogP contribution in [0.1, 0.15) is 25.7 Å². The lowest BCUT2D eigenvalue weighted by Crippen LogP contribution is -2.00. The molecule has 2 nitrogen and oxygen atoms in total. The minimum atomic E-state index is -0.387. The smallest absolute Gasteiger partial charge is 0.335 e. The first kappa shape index (κ1) is 11.5. The molecule has 0 atom stereocenters. The van der Waals surface area contributed by atoms with Gasteiger partial charge in [-0.1, -0.05) is 30.9 Å². The van der Waals surface area contributed by atoms with Crippen molar-refractivity contribution in [3.8, 4) is 0 Å².